The zero-order chi connectivity index (χ0) is 14.1. The summed E-state index contributed by atoms with van der Waals surface area (Å²) >= 11 is 6.28. The second kappa shape index (κ2) is 5.22. The van der Waals surface area contributed by atoms with Gasteiger partial charge in [-0.3, -0.25) is 0 Å². The van der Waals surface area contributed by atoms with E-state index in [-0.39, 0.29) is 0 Å². The third-order valence-electron chi connectivity index (χ3n) is 3.74. The summed E-state index contributed by atoms with van der Waals surface area (Å²) in [5, 5.41) is 1.98. The molecule has 3 heteroatoms. The largest absolute Gasteiger partial charge is 0.398 e. The number of nitrogen functional groups attached to an aromatic ring is 1. The molecule has 1 heterocycles. The monoisotopic (exact) mass is 284 g/mol. The van der Waals surface area contributed by atoms with Crippen molar-refractivity contribution in [3.8, 4) is 0 Å². The van der Waals surface area contributed by atoms with Crippen LogP contribution in [0.15, 0.2) is 48.7 Å². The average Bonchev–Trinajstić information content (AvgIpc) is 2.86. The summed E-state index contributed by atoms with van der Waals surface area (Å²) in [6.45, 7) is 2.88. The zero-order valence-electron chi connectivity index (χ0n) is 11.4. The maximum atomic E-state index is 6.28. The van der Waals surface area contributed by atoms with Gasteiger partial charge in [-0.1, -0.05) is 42.8 Å². The Morgan fingerprint density at radius 3 is 2.65 bits per heavy atom. The Hall–Kier alpha value is -1.93. The van der Waals surface area contributed by atoms with Crippen molar-refractivity contribution in [3.05, 3.63) is 64.8 Å². The molecule has 1 aromatic heterocycles. The molecule has 0 bridgehead atoms. The molecule has 0 amide bonds. The van der Waals surface area contributed by atoms with Crippen LogP contribution in [0.3, 0.4) is 0 Å². The first kappa shape index (κ1) is 13.1. The fourth-order valence-corrected chi connectivity index (χ4v) is 2.91. The second-order valence-corrected chi connectivity index (χ2v) is 5.37. The number of nitrogens with zero attached hydrogens (tertiary/aromatic N) is 1. The minimum Gasteiger partial charge on any atom is -0.398 e. The molecule has 0 fully saturated rings. The first-order valence-corrected chi connectivity index (χ1v) is 7.18. The molecule has 3 rings (SSSR count). The molecule has 2 nitrogen and oxygen atoms in total. The SMILES string of the molecule is CCc1cccc2ccn(Cc3c(N)cccc3Cl)c12. The van der Waals surface area contributed by atoms with Crippen LogP contribution in [0.1, 0.15) is 18.1 Å². The van der Waals surface area contributed by atoms with Crippen LogP contribution in [-0.2, 0) is 13.0 Å². The minimum atomic E-state index is 0.700. The third-order valence-corrected chi connectivity index (χ3v) is 4.09. The number of hydrogen-bond donors (Lipinski definition) is 1. The molecule has 0 saturated heterocycles. The quantitative estimate of drug-likeness (QED) is 0.706. The number of nitrogens with two attached hydrogens (primary N) is 1. The summed E-state index contributed by atoms with van der Waals surface area (Å²) in [6, 6.07) is 14.2. The standard InChI is InChI=1S/C17H17ClN2/c1-2-12-5-3-6-13-9-10-20(17(12)13)11-14-15(18)7-4-8-16(14)19/h3-10H,2,11,19H2,1H3. The van der Waals surface area contributed by atoms with E-state index < -0.39 is 0 Å². The minimum absolute atomic E-state index is 0.700. The molecular formula is C17H17ClN2. The van der Waals surface area contributed by atoms with Crippen molar-refractivity contribution in [1.29, 1.82) is 0 Å². The van der Waals surface area contributed by atoms with Gasteiger partial charge in [0.25, 0.3) is 0 Å². The number of aryl methyl sites for hydroxylation is 1. The number of anilines is 1. The highest BCUT2D eigenvalue weighted by molar-refractivity contribution is 6.31. The molecule has 0 spiro atoms. The van der Waals surface area contributed by atoms with E-state index in [1.165, 1.54) is 16.5 Å². The molecule has 0 atom stereocenters. The molecule has 0 aliphatic carbocycles. The molecule has 2 N–H and O–H groups in total. The third kappa shape index (κ3) is 2.16. The van der Waals surface area contributed by atoms with E-state index in [1.54, 1.807) is 0 Å². The summed E-state index contributed by atoms with van der Waals surface area (Å²) in [5.41, 5.74) is 10.4. The van der Waals surface area contributed by atoms with Gasteiger partial charge in [0.15, 0.2) is 0 Å². The predicted octanol–water partition coefficient (Wildman–Crippen LogP) is 4.49. The molecule has 2 aromatic carbocycles. The summed E-state index contributed by atoms with van der Waals surface area (Å²) in [6.07, 6.45) is 3.12. The topological polar surface area (TPSA) is 30.9 Å². The van der Waals surface area contributed by atoms with Crippen LogP contribution in [-0.4, -0.2) is 4.57 Å². The van der Waals surface area contributed by atoms with Crippen LogP contribution >= 0.6 is 11.6 Å². The molecule has 0 saturated carbocycles. The lowest BCUT2D eigenvalue weighted by atomic mass is 10.1. The number of halogens is 1. The van der Waals surface area contributed by atoms with Gasteiger partial charge in [-0.05, 0) is 35.6 Å². The van der Waals surface area contributed by atoms with E-state index in [0.717, 1.165) is 22.7 Å². The lowest BCUT2D eigenvalue weighted by Crippen LogP contribution is -2.03. The summed E-state index contributed by atoms with van der Waals surface area (Å²) in [7, 11) is 0. The van der Waals surface area contributed by atoms with Crippen LogP contribution in [0.2, 0.25) is 5.02 Å². The Kier molecular flexibility index (Phi) is 3.41. The Morgan fingerprint density at radius 2 is 1.90 bits per heavy atom. The van der Waals surface area contributed by atoms with Crippen LogP contribution < -0.4 is 5.73 Å². The highest BCUT2D eigenvalue weighted by Crippen LogP contribution is 2.27. The van der Waals surface area contributed by atoms with Crippen molar-refractivity contribution in [2.75, 3.05) is 5.73 Å². The molecule has 20 heavy (non-hydrogen) atoms. The Balaban J connectivity index is 2.12. The summed E-state index contributed by atoms with van der Waals surface area (Å²) < 4.78 is 2.23. The zero-order valence-corrected chi connectivity index (χ0v) is 12.2. The number of hydrogen-bond acceptors (Lipinski definition) is 1. The summed E-state index contributed by atoms with van der Waals surface area (Å²) in [4.78, 5) is 0. The van der Waals surface area contributed by atoms with E-state index in [0.29, 0.717) is 6.54 Å². The van der Waals surface area contributed by atoms with E-state index in [4.69, 9.17) is 17.3 Å². The van der Waals surface area contributed by atoms with Crippen molar-refractivity contribution in [2.24, 2.45) is 0 Å². The lowest BCUT2D eigenvalue weighted by molar-refractivity contribution is 0.833. The fraction of sp³-hybridized carbons (Fsp3) is 0.176. The molecule has 0 aliphatic rings. The Morgan fingerprint density at radius 1 is 1.10 bits per heavy atom. The smallest absolute Gasteiger partial charge is 0.0515 e. The van der Waals surface area contributed by atoms with Gasteiger partial charge in [-0.15, -0.1) is 0 Å². The molecule has 0 radical (unpaired) electrons. The first-order chi connectivity index (χ1) is 9.70. The van der Waals surface area contributed by atoms with Crippen molar-refractivity contribution in [2.45, 2.75) is 19.9 Å². The molecule has 0 unspecified atom stereocenters. The van der Waals surface area contributed by atoms with Crippen LogP contribution in [0.25, 0.3) is 10.9 Å². The van der Waals surface area contributed by atoms with Crippen molar-refractivity contribution >= 4 is 28.2 Å². The maximum absolute atomic E-state index is 6.28. The summed E-state index contributed by atoms with van der Waals surface area (Å²) in [5.74, 6) is 0. The van der Waals surface area contributed by atoms with Crippen LogP contribution in [0.4, 0.5) is 5.69 Å². The van der Waals surface area contributed by atoms with E-state index in [1.807, 2.05) is 18.2 Å². The molecule has 0 aliphatic heterocycles. The van der Waals surface area contributed by atoms with Gasteiger partial charge >= 0.3 is 0 Å². The van der Waals surface area contributed by atoms with Gasteiger partial charge in [0, 0.05) is 22.5 Å². The second-order valence-electron chi connectivity index (χ2n) is 4.96. The van der Waals surface area contributed by atoms with Gasteiger partial charge in [0.2, 0.25) is 0 Å². The number of rotatable bonds is 3. The van der Waals surface area contributed by atoms with Crippen molar-refractivity contribution in [3.63, 3.8) is 0 Å². The van der Waals surface area contributed by atoms with Gasteiger partial charge < -0.3 is 10.3 Å². The first-order valence-electron chi connectivity index (χ1n) is 6.80. The molecular weight excluding hydrogens is 268 g/mol. The van der Waals surface area contributed by atoms with E-state index in [2.05, 4.69) is 42.0 Å². The van der Waals surface area contributed by atoms with Gasteiger partial charge in [-0.25, -0.2) is 0 Å². The Bertz CT molecular complexity index is 739. The predicted molar refractivity (Wildman–Crippen MR) is 86.3 cm³/mol. The number of para-hydroxylation sites is 1. The average molecular weight is 285 g/mol. The highest BCUT2D eigenvalue weighted by atomic mass is 35.5. The van der Waals surface area contributed by atoms with Crippen molar-refractivity contribution < 1.29 is 0 Å². The number of aromatic nitrogens is 1. The van der Waals surface area contributed by atoms with Gasteiger partial charge in [-0.2, -0.15) is 0 Å². The lowest BCUT2D eigenvalue weighted by Gasteiger charge is -2.12. The fourth-order valence-electron chi connectivity index (χ4n) is 2.67. The van der Waals surface area contributed by atoms with Gasteiger partial charge in [0.1, 0.15) is 0 Å². The maximum Gasteiger partial charge on any atom is 0.0515 e. The molecule has 3 aromatic rings. The Labute approximate surface area is 123 Å². The normalized spacial score (nSPS) is 11.1. The highest BCUT2D eigenvalue weighted by Gasteiger charge is 2.09. The van der Waals surface area contributed by atoms with Crippen molar-refractivity contribution in [1.82, 2.24) is 4.57 Å². The van der Waals surface area contributed by atoms with E-state index in [9.17, 15) is 0 Å². The number of benzene rings is 2. The van der Waals surface area contributed by atoms with Gasteiger partial charge in [0.05, 0.1) is 12.1 Å². The van der Waals surface area contributed by atoms with E-state index >= 15 is 0 Å². The molecule has 102 valence electrons. The number of fused-ring (bicyclic) bond motifs is 1. The van der Waals surface area contributed by atoms with Crippen LogP contribution in [0.5, 0.6) is 0 Å². The van der Waals surface area contributed by atoms with Crippen LogP contribution in [0, 0.1) is 0 Å².